The smallest absolute Gasteiger partial charge is 0.248 e. The Balaban J connectivity index is 1.96. The minimum atomic E-state index is -3.14. The average Bonchev–Trinajstić information content (AvgIpc) is 2.99. The second kappa shape index (κ2) is 7.25. The highest BCUT2D eigenvalue weighted by Gasteiger charge is 2.49. The molecule has 2 atom stereocenters. The number of amides is 1. The number of unbranched alkanes of at least 4 members (excludes halogenated alkanes) is 1. The molecule has 3 rings (SSSR count). The van der Waals surface area contributed by atoms with Gasteiger partial charge in [-0.25, -0.2) is 12.8 Å². The Labute approximate surface area is 155 Å². The zero-order chi connectivity index (χ0) is 18.2. The summed E-state index contributed by atoms with van der Waals surface area (Å²) in [5.41, 5.74) is 0.547. The first kappa shape index (κ1) is 18.7. The molecule has 0 bridgehead atoms. The summed E-state index contributed by atoms with van der Waals surface area (Å²) in [6, 6.07) is 3.88. The summed E-state index contributed by atoms with van der Waals surface area (Å²) in [4.78, 5) is 18.0. The summed E-state index contributed by atoms with van der Waals surface area (Å²) in [7, 11) is -3.14. The molecule has 2 heterocycles. The van der Waals surface area contributed by atoms with E-state index in [4.69, 9.17) is 11.6 Å². The lowest BCUT2D eigenvalue weighted by Crippen LogP contribution is -2.37. The summed E-state index contributed by atoms with van der Waals surface area (Å²) in [6.07, 6.45) is 2.00. The molecule has 2 saturated heterocycles. The van der Waals surface area contributed by atoms with E-state index in [1.165, 1.54) is 30.0 Å². The van der Waals surface area contributed by atoms with E-state index in [0.29, 0.717) is 17.3 Å². The van der Waals surface area contributed by atoms with Gasteiger partial charge in [0.25, 0.3) is 0 Å². The SMILES string of the molecule is CCCCC(=O)N=C1S[C@H]2CS(=O)(=O)C[C@@H]2N1c1ccc(F)c(Cl)c1. The van der Waals surface area contributed by atoms with E-state index in [9.17, 15) is 17.6 Å². The van der Waals surface area contributed by atoms with Crippen LogP contribution in [-0.4, -0.2) is 42.3 Å². The molecule has 2 aliphatic heterocycles. The number of hydrogen-bond acceptors (Lipinski definition) is 4. The highest BCUT2D eigenvalue weighted by Crippen LogP contribution is 2.41. The highest BCUT2D eigenvalue weighted by atomic mass is 35.5. The normalized spacial score (nSPS) is 26.2. The molecule has 2 fully saturated rings. The topological polar surface area (TPSA) is 66.8 Å². The van der Waals surface area contributed by atoms with Gasteiger partial charge in [0.15, 0.2) is 15.0 Å². The summed E-state index contributed by atoms with van der Waals surface area (Å²) >= 11 is 7.18. The van der Waals surface area contributed by atoms with Crippen molar-refractivity contribution in [2.75, 3.05) is 16.4 Å². The van der Waals surface area contributed by atoms with Crippen molar-refractivity contribution in [3.8, 4) is 0 Å². The summed E-state index contributed by atoms with van der Waals surface area (Å²) in [6.45, 7) is 1.99. The molecule has 0 spiro atoms. The molecule has 1 amide bonds. The van der Waals surface area contributed by atoms with Gasteiger partial charge in [0, 0.05) is 17.4 Å². The molecule has 0 radical (unpaired) electrons. The Morgan fingerprint density at radius 2 is 2.20 bits per heavy atom. The van der Waals surface area contributed by atoms with Gasteiger partial charge in [0.2, 0.25) is 5.91 Å². The molecule has 0 N–H and O–H groups in total. The van der Waals surface area contributed by atoms with Gasteiger partial charge in [-0.2, -0.15) is 4.99 Å². The minimum absolute atomic E-state index is 0.0121. The van der Waals surface area contributed by atoms with E-state index in [-0.39, 0.29) is 33.7 Å². The Kier molecular flexibility index (Phi) is 5.41. The van der Waals surface area contributed by atoms with E-state index < -0.39 is 15.7 Å². The van der Waals surface area contributed by atoms with Crippen LogP contribution in [0.1, 0.15) is 26.2 Å². The van der Waals surface area contributed by atoms with Gasteiger partial charge in [0.05, 0.1) is 22.6 Å². The molecule has 1 aromatic rings. The Hall–Kier alpha value is -1.12. The molecule has 25 heavy (non-hydrogen) atoms. The quantitative estimate of drug-likeness (QED) is 0.770. The Morgan fingerprint density at radius 3 is 2.88 bits per heavy atom. The van der Waals surface area contributed by atoms with Gasteiger partial charge in [-0.05, 0) is 24.6 Å². The first-order valence-corrected chi connectivity index (χ1v) is 11.1. The van der Waals surface area contributed by atoms with Gasteiger partial charge in [-0.15, -0.1) is 0 Å². The minimum Gasteiger partial charge on any atom is -0.316 e. The summed E-state index contributed by atoms with van der Waals surface area (Å²) in [5, 5.41) is 0.226. The average molecular weight is 405 g/mol. The molecule has 1 aromatic carbocycles. The number of rotatable bonds is 4. The molecular formula is C16H18ClFN2O3S2. The third kappa shape index (κ3) is 4.01. The van der Waals surface area contributed by atoms with Crippen LogP contribution in [0.3, 0.4) is 0 Å². The number of thioether (sulfide) groups is 1. The lowest BCUT2D eigenvalue weighted by Gasteiger charge is -2.24. The van der Waals surface area contributed by atoms with E-state index in [2.05, 4.69) is 4.99 Å². The maximum atomic E-state index is 13.5. The van der Waals surface area contributed by atoms with Crippen molar-refractivity contribution in [1.29, 1.82) is 0 Å². The molecule has 0 unspecified atom stereocenters. The fourth-order valence-electron chi connectivity index (χ4n) is 2.99. The number of anilines is 1. The van der Waals surface area contributed by atoms with Crippen LogP contribution in [-0.2, 0) is 14.6 Å². The fraction of sp³-hybridized carbons (Fsp3) is 0.500. The number of aliphatic imine (C=N–C) groups is 1. The van der Waals surface area contributed by atoms with Gasteiger partial charge >= 0.3 is 0 Å². The van der Waals surface area contributed by atoms with E-state index in [1.54, 1.807) is 4.90 Å². The number of hydrogen-bond donors (Lipinski definition) is 0. The van der Waals surface area contributed by atoms with Gasteiger partial charge < -0.3 is 4.90 Å². The van der Waals surface area contributed by atoms with Crippen molar-refractivity contribution >= 4 is 50.0 Å². The maximum absolute atomic E-state index is 13.5. The zero-order valence-electron chi connectivity index (χ0n) is 13.6. The largest absolute Gasteiger partial charge is 0.316 e. The standard InChI is InChI=1S/C16H18ClFN2O3S2/c1-2-3-4-15(21)19-16-20(10-5-6-12(18)11(17)7-10)13-8-25(22,23)9-14(13)24-16/h5-7,13-14H,2-4,8-9H2,1H3/t13-,14-/m0/s1. The van der Waals surface area contributed by atoms with Crippen LogP contribution in [0.2, 0.25) is 5.02 Å². The van der Waals surface area contributed by atoms with Crippen LogP contribution in [0.25, 0.3) is 0 Å². The molecule has 136 valence electrons. The first-order chi connectivity index (χ1) is 11.8. The molecular weight excluding hydrogens is 387 g/mol. The molecule has 5 nitrogen and oxygen atoms in total. The third-order valence-electron chi connectivity index (χ3n) is 4.21. The van der Waals surface area contributed by atoms with Crippen LogP contribution in [0.5, 0.6) is 0 Å². The van der Waals surface area contributed by atoms with Crippen LogP contribution >= 0.6 is 23.4 Å². The van der Waals surface area contributed by atoms with Gasteiger partial charge in [-0.3, -0.25) is 4.79 Å². The third-order valence-corrected chi connectivity index (χ3v) is 7.71. The van der Waals surface area contributed by atoms with Crippen molar-refractivity contribution in [2.45, 2.75) is 37.5 Å². The van der Waals surface area contributed by atoms with Crippen LogP contribution in [0, 0.1) is 5.82 Å². The van der Waals surface area contributed by atoms with Crippen LogP contribution < -0.4 is 4.90 Å². The lowest BCUT2D eigenvalue weighted by atomic mass is 10.2. The second-order valence-electron chi connectivity index (χ2n) is 6.16. The van der Waals surface area contributed by atoms with E-state index >= 15 is 0 Å². The van der Waals surface area contributed by atoms with Crippen LogP contribution in [0.15, 0.2) is 23.2 Å². The van der Waals surface area contributed by atoms with Crippen molar-refractivity contribution in [3.05, 3.63) is 29.0 Å². The molecule has 0 aliphatic carbocycles. The first-order valence-electron chi connectivity index (χ1n) is 8.03. The molecule has 0 aromatic heterocycles. The van der Waals surface area contributed by atoms with Crippen LogP contribution in [0.4, 0.5) is 10.1 Å². The second-order valence-corrected chi connectivity index (χ2v) is 9.93. The molecule has 2 aliphatic rings. The Morgan fingerprint density at radius 1 is 1.44 bits per heavy atom. The number of carbonyl (C=O) groups is 1. The molecule has 0 saturated carbocycles. The zero-order valence-corrected chi connectivity index (χ0v) is 16.0. The van der Waals surface area contributed by atoms with Crippen molar-refractivity contribution in [3.63, 3.8) is 0 Å². The number of nitrogens with zero attached hydrogens (tertiary/aromatic N) is 2. The van der Waals surface area contributed by atoms with Gasteiger partial charge in [-0.1, -0.05) is 36.7 Å². The van der Waals surface area contributed by atoms with E-state index in [0.717, 1.165) is 12.8 Å². The predicted molar refractivity (Wildman–Crippen MR) is 99.7 cm³/mol. The number of carbonyl (C=O) groups excluding carboxylic acids is 1. The van der Waals surface area contributed by atoms with Crippen molar-refractivity contribution < 1.29 is 17.6 Å². The number of benzene rings is 1. The number of fused-ring (bicyclic) bond motifs is 1. The summed E-state index contributed by atoms with van der Waals surface area (Å²) in [5.74, 6) is -0.742. The summed E-state index contributed by atoms with van der Waals surface area (Å²) < 4.78 is 37.4. The molecule has 9 heteroatoms. The van der Waals surface area contributed by atoms with Crippen molar-refractivity contribution in [1.82, 2.24) is 0 Å². The maximum Gasteiger partial charge on any atom is 0.248 e. The monoisotopic (exact) mass is 404 g/mol. The van der Waals surface area contributed by atoms with Gasteiger partial charge in [0.1, 0.15) is 5.82 Å². The van der Waals surface area contributed by atoms with E-state index in [1.807, 2.05) is 6.92 Å². The number of sulfone groups is 1. The highest BCUT2D eigenvalue weighted by molar-refractivity contribution is 8.16. The number of amidine groups is 1. The Bertz CT molecular complexity index is 829. The van der Waals surface area contributed by atoms with Crippen molar-refractivity contribution in [2.24, 2.45) is 4.99 Å². The lowest BCUT2D eigenvalue weighted by molar-refractivity contribution is -0.117. The number of halogens is 2. The fourth-order valence-corrected chi connectivity index (χ4v) is 7.10. The predicted octanol–water partition coefficient (Wildman–Crippen LogP) is 3.27.